The molecule has 2 N–H and O–H groups in total. The normalized spacial score (nSPS) is 10.7. The molecule has 0 aromatic heterocycles. The molecular formula is C21H17F2NO3. The summed E-state index contributed by atoms with van der Waals surface area (Å²) in [4.78, 5) is 12.1. The Morgan fingerprint density at radius 2 is 1.41 bits per heavy atom. The van der Waals surface area contributed by atoms with Gasteiger partial charge >= 0.3 is 5.97 Å². The summed E-state index contributed by atoms with van der Waals surface area (Å²) in [5, 5.41) is 0. The minimum absolute atomic E-state index is 0.159. The summed E-state index contributed by atoms with van der Waals surface area (Å²) in [5.74, 6) is -1.14. The molecule has 0 atom stereocenters. The molecule has 0 aliphatic carbocycles. The fourth-order valence-electron chi connectivity index (χ4n) is 2.65. The van der Waals surface area contributed by atoms with Crippen LogP contribution in [0.15, 0.2) is 66.7 Å². The van der Waals surface area contributed by atoms with Crippen LogP contribution in [0, 0.1) is 11.6 Å². The van der Waals surface area contributed by atoms with E-state index in [2.05, 4.69) is 0 Å². The zero-order valence-corrected chi connectivity index (χ0v) is 14.5. The summed E-state index contributed by atoms with van der Waals surface area (Å²) in [6, 6.07) is 16.1. The molecule has 0 unspecified atom stereocenters. The van der Waals surface area contributed by atoms with E-state index < -0.39 is 12.1 Å². The van der Waals surface area contributed by atoms with Gasteiger partial charge in [-0.3, -0.25) is 0 Å². The summed E-state index contributed by atoms with van der Waals surface area (Å²) in [6.07, 6.45) is -0.696. The third-order valence-corrected chi connectivity index (χ3v) is 4.00. The fourth-order valence-corrected chi connectivity index (χ4v) is 2.65. The lowest BCUT2D eigenvalue weighted by Crippen LogP contribution is -2.13. The maximum Gasteiger partial charge on any atom is 0.341 e. The summed E-state index contributed by atoms with van der Waals surface area (Å²) >= 11 is 0. The minimum atomic E-state index is -0.696. The second-order valence-corrected chi connectivity index (χ2v) is 5.85. The number of hydrogen-bond acceptors (Lipinski definition) is 4. The Kier molecular flexibility index (Phi) is 5.35. The first kappa shape index (κ1) is 18.4. The molecular weight excluding hydrogens is 352 g/mol. The molecule has 0 saturated carbocycles. The molecule has 0 aliphatic rings. The fraction of sp³-hybridized carbons (Fsp3) is 0.0952. The molecule has 0 spiro atoms. The van der Waals surface area contributed by atoms with Crippen LogP contribution in [0.5, 0.6) is 5.75 Å². The average molecular weight is 369 g/mol. The Balaban J connectivity index is 2.05. The second-order valence-electron chi connectivity index (χ2n) is 5.85. The number of ether oxygens (including phenoxy) is 2. The molecule has 27 heavy (non-hydrogen) atoms. The number of anilines is 1. The number of methoxy groups -OCH3 is 1. The van der Waals surface area contributed by atoms with Gasteiger partial charge in [0.1, 0.15) is 29.1 Å². The molecule has 0 radical (unpaired) electrons. The van der Waals surface area contributed by atoms with Crippen LogP contribution >= 0.6 is 0 Å². The lowest BCUT2D eigenvalue weighted by Gasteiger charge is -2.22. The number of esters is 1. The Hall–Kier alpha value is -3.41. The quantitative estimate of drug-likeness (QED) is 0.531. The van der Waals surface area contributed by atoms with Gasteiger partial charge in [0.05, 0.1) is 7.11 Å². The molecule has 3 aromatic rings. The highest BCUT2D eigenvalue weighted by Gasteiger charge is 2.21. The summed E-state index contributed by atoms with van der Waals surface area (Å²) in [7, 11) is 1.26. The van der Waals surface area contributed by atoms with E-state index in [4.69, 9.17) is 15.2 Å². The van der Waals surface area contributed by atoms with E-state index in [1.807, 2.05) is 0 Å². The topological polar surface area (TPSA) is 61.5 Å². The molecule has 0 saturated heterocycles. The van der Waals surface area contributed by atoms with Crippen LogP contribution in [-0.2, 0) is 4.74 Å². The third kappa shape index (κ3) is 4.23. The van der Waals surface area contributed by atoms with Crippen LogP contribution in [0.4, 0.5) is 14.5 Å². The van der Waals surface area contributed by atoms with Crippen molar-refractivity contribution in [3.63, 3.8) is 0 Å². The number of nitrogen functional groups attached to an aromatic ring is 1. The SMILES string of the molecule is COC(=O)c1cc(N)ccc1OC(c1ccc(F)cc1)c1ccc(F)cc1. The van der Waals surface area contributed by atoms with Gasteiger partial charge in [-0.25, -0.2) is 13.6 Å². The van der Waals surface area contributed by atoms with Crippen molar-refractivity contribution >= 4 is 11.7 Å². The van der Waals surface area contributed by atoms with Crippen molar-refractivity contribution in [2.45, 2.75) is 6.10 Å². The van der Waals surface area contributed by atoms with Crippen LogP contribution in [0.1, 0.15) is 27.6 Å². The van der Waals surface area contributed by atoms with E-state index in [-0.39, 0.29) is 22.9 Å². The number of nitrogens with two attached hydrogens (primary N) is 1. The van der Waals surface area contributed by atoms with E-state index in [0.29, 0.717) is 16.8 Å². The van der Waals surface area contributed by atoms with Crippen molar-refractivity contribution in [1.29, 1.82) is 0 Å². The summed E-state index contributed by atoms with van der Waals surface area (Å²) in [6.45, 7) is 0. The van der Waals surface area contributed by atoms with Crippen molar-refractivity contribution in [2.75, 3.05) is 12.8 Å². The molecule has 0 amide bonds. The second kappa shape index (κ2) is 7.86. The Labute approximate surface area is 155 Å². The van der Waals surface area contributed by atoms with E-state index in [1.54, 1.807) is 36.4 Å². The highest BCUT2D eigenvalue weighted by Crippen LogP contribution is 2.32. The van der Waals surface area contributed by atoms with Gasteiger partial charge in [-0.15, -0.1) is 0 Å². The number of carbonyl (C=O) groups excluding carboxylic acids is 1. The molecule has 4 nitrogen and oxygen atoms in total. The van der Waals surface area contributed by atoms with Crippen molar-refractivity contribution < 1.29 is 23.0 Å². The smallest absolute Gasteiger partial charge is 0.341 e. The first-order valence-electron chi connectivity index (χ1n) is 8.13. The number of hydrogen-bond donors (Lipinski definition) is 1. The predicted molar refractivity (Wildman–Crippen MR) is 97.5 cm³/mol. The van der Waals surface area contributed by atoms with Crippen LogP contribution in [0.3, 0.4) is 0 Å². The van der Waals surface area contributed by atoms with Crippen molar-refractivity contribution in [3.05, 3.63) is 95.1 Å². The molecule has 6 heteroatoms. The summed E-state index contributed by atoms with van der Waals surface area (Å²) in [5.41, 5.74) is 7.57. The Morgan fingerprint density at radius 3 is 1.89 bits per heavy atom. The molecule has 3 rings (SSSR count). The van der Waals surface area contributed by atoms with Gasteiger partial charge in [0, 0.05) is 5.69 Å². The third-order valence-electron chi connectivity index (χ3n) is 4.00. The standard InChI is InChI=1S/C21H17F2NO3/c1-26-21(25)18-12-17(24)10-11-19(18)27-20(13-2-6-15(22)7-3-13)14-4-8-16(23)9-5-14/h2-12,20H,24H2,1H3. The van der Waals surface area contributed by atoms with E-state index in [9.17, 15) is 13.6 Å². The van der Waals surface area contributed by atoms with Gasteiger partial charge in [-0.1, -0.05) is 24.3 Å². The first-order valence-corrected chi connectivity index (χ1v) is 8.13. The van der Waals surface area contributed by atoms with Crippen LogP contribution < -0.4 is 10.5 Å². The van der Waals surface area contributed by atoms with Crippen LogP contribution in [-0.4, -0.2) is 13.1 Å². The van der Waals surface area contributed by atoms with Crippen molar-refractivity contribution in [1.82, 2.24) is 0 Å². The largest absolute Gasteiger partial charge is 0.480 e. The van der Waals surface area contributed by atoms with Gasteiger partial charge < -0.3 is 15.2 Å². The van der Waals surface area contributed by atoms with Crippen LogP contribution in [0.2, 0.25) is 0 Å². The monoisotopic (exact) mass is 369 g/mol. The lowest BCUT2D eigenvalue weighted by atomic mass is 10.0. The van der Waals surface area contributed by atoms with Gasteiger partial charge in [-0.2, -0.15) is 0 Å². The lowest BCUT2D eigenvalue weighted by molar-refractivity contribution is 0.0594. The molecule has 3 aromatic carbocycles. The number of rotatable bonds is 5. The van der Waals surface area contributed by atoms with Crippen LogP contribution in [0.25, 0.3) is 0 Å². The predicted octanol–water partition coefficient (Wildman–Crippen LogP) is 4.50. The number of halogens is 2. The Bertz CT molecular complexity index is 895. The molecule has 0 bridgehead atoms. The summed E-state index contributed by atoms with van der Waals surface area (Å²) < 4.78 is 37.5. The molecule has 0 fully saturated rings. The maximum atomic E-state index is 13.3. The zero-order chi connectivity index (χ0) is 19.4. The number of carbonyl (C=O) groups is 1. The van der Waals surface area contributed by atoms with Gasteiger partial charge in [0.25, 0.3) is 0 Å². The van der Waals surface area contributed by atoms with E-state index in [0.717, 1.165) is 0 Å². The van der Waals surface area contributed by atoms with Gasteiger partial charge in [0.15, 0.2) is 0 Å². The van der Waals surface area contributed by atoms with E-state index in [1.165, 1.54) is 37.4 Å². The van der Waals surface area contributed by atoms with Gasteiger partial charge in [-0.05, 0) is 53.6 Å². The minimum Gasteiger partial charge on any atom is -0.480 e. The average Bonchev–Trinajstić information content (AvgIpc) is 2.68. The first-order chi connectivity index (χ1) is 13.0. The maximum absolute atomic E-state index is 13.3. The number of benzene rings is 3. The van der Waals surface area contributed by atoms with Gasteiger partial charge in [0.2, 0.25) is 0 Å². The highest BCUT2D eigenvalue weighted by molar-refractivity contribution is 5.93. The van der Waals surface area contributed by atoms with E-state index >= 15 is 0 Å². The molecule has 138 valence electrons. The highest BCUT2D eigenvalue weighted by atomic mass is 19.1. The van der Waals surface area contributed by atoms with Crippen molar-refractivity contribution in [2.24, 2.45) is 0 Å². The zero-order valence-electron chi connectivity index (χ0n) is 14.5. The molecule has 0 heterocycles. The molecule has 0 aliphatic heterocycles. The Morgan fingerprint density at radius 1 is 0.889 bits per heavy atom. The van der Waals surface area contributed by atoms with Crippen molar-refractivity contribution in [3.8, 4) is 5.75 Å².